The highest BCUT2D eigenvalue weighted by Crippen LogP contribution is 2.10. The molecule has 4 heteroatoms. The third kappa shape index (κ3) is 3.64. The predicted octanol–water partition coefficient (Wildman–Crippen LogP) is 2.64. The van der Waals surface area contributed by atoms with E-state index >= 15 is 0 Å². The van der Waals surface area contributed by atoms with Crippen molar-refractivity contribution in [3.05, 3.63) is 42.5 Å². The number of alkyl halides is 1. The number of anilines is 1. The van der Waals surface area contributed by atoms with Gasteiger partial charge in [-0.3, -0.25) is 0 Å². The van der Waals surface area contributed by atoms with Gasteiger partial charge in [-0.1, -0.05) is 12.7 Å². The summed E-state index contributed by atoms with van der Waals surface area (Å²) in [6.45, 7) is 3.69. The standard InChI is InChI=1S/C11H12ClNO2/c1-2-7-15-11(14)9-3-5-10(6-4-9)13-8-12/h2-6,13H,1,7-8H2. The second-order valence-electron chi connectivity index (χ2n) is 2.77. The Bertz CT molecular complexity index is 335. The molecule has 0 aromatic heterocycles. The molecular formula is C11H12ClNO2. The summed E-state index contributed by atoms with van der Waals surface area (Å²) >= 11 is 5.49. The summed E-state index contributed by atoms with van der Waals surface area (Å²) in [4.78, 5) is 11.4. The Morgan fingerprint density at radius 3 is 2.67 bits per heavy atom. The lowest BCUT2D eigenvalue weighted by Crippen LogP contribution is -2.05. The molecule has 80 valence electrons. The molecule has 1 rings (SSSR count). The first-order valence-corrected chi connectivity index (χ1v) is 4.99. The van der Waals surface area contributed by atoms with E-state index in [1.807, 2.05) is 0 Å². The average Bonchev–Trinajstić information content (AvgIpc) is 2.27. The van der Waals surface area contributed by atoms with Crippen molar-refractivity contribution in [3.8, 4) is 0 Å². The Morgan fingerprint density at radius 2 is 2.13 bits per heavy atom. The molecular weight excluding hydrogens is 214 g/mol. The number of rotatable bonds is 5. The van der Waals surface area contributed by atoms with Crippen molar-refractivity contribution in [2.75, 3.05) is 17.9 Å². The summed E-state index contributed by atoms with van der Waals surface area (Å²) in [6, 6.07) is 7.24. The minimum absolute atomic E-state index is 0.223. The third-order valence-electron chi connectivity index (χ3n) is 1.72. The highest BCUT2D eigenvalue weighted by Gasteiger charge is 2.05. The maximum atomic E-state index is 11.4. The molecule has 0 unspecified atom stereocenters. The van der Waals surface area contributed by atoms with Gasteiger partial charge in [0, 0.05) is 5.69 Å². The van der Waals surface area contributed by atoms with E-state index in [1.165, 1.54) is 6.08 Å². The van der Waals surface area contributed by atoms with Crippen molar-refractivity contribution < 1.29 is 9.53 Å². The van der Waals surface area contributed by atoms with E-state index in [1.54, 1.807) is 24.3 Å². The van der Waals surface area contributed by atoms with Crippen molar-refractivity contribution in [1.29, 1.82) is 0 Å². The topological polar surface area (TPSA) is 38.3 Å². The van der Waals surface area contributed by atoms with E-state index in [9.17, 15) is 4.79 Å². The summed E-state index contributed by atoms with van der Waals surface area (Å²) in [7, 11) is 0. The number of halogens is 1. The molecule has 0 aliphatic heterocycles. The molecule has 1 aromatic rings. The van der Waals surface area contributed by atoms with E-state index in [-0.39, 0.29) is 12.6 Å². The molecule has 1 N–H and O–H groups in total. The minimum Gasteiger partial charge on any atom is -0.458 e. The Morgan fingerprint density at radius 1 is 1.47 bits per heavy atom. The molecule has 0 amide bonds. The Labute approximate surface area is 93.7 Å². The molecule has 0 saturated carbocycles. The molecule has 3 nitrogen and oxygen atoms in total. The Balaban J connectivity index is 2.62. The molecule has 1 aromatic carbocycles. The first-order valence-electron chi connectivity index (χ1n) is 4.46. The number of hydrogen-bond donors (Lipinski definition) is 1. The fraction of sp³-hybridized carbons (Fsp3) is 0.182. The minimum atomic E-state index is -0.354. The number of benzene rings is 1. The van der Waals surface area contributed by atoms with Crippen molar-refractivity contribution in [2.24, 2.45) is 0 Å². The Kier molecular flexibility index (Phi) is 4.71. The first kappa shape index (κ1) is 11.6. The maximum absolute atomic E-state index is 11.4. The Hall–Kier alpha value is -1.48. The van der Waals surface area contributed by atoms with Gasteiger partial charge in [0.25, 0.3) is 0 Å². The van der Waals surface area contributed by atoms with Gasteiger partial charge in [0.05, 0.1) is 11.6 Å². The molecule has 0 fully saturated rings. The van der Waals surface area contributed by atoms with Crippen molar-refractivity contribution in [2.45, 2.75) is 0 Å². The number of hydrogen-bond acceptors (Lipinski definition) is 3. The zero-order valence-corrected chi connectivity index (χ0v) is 8.96. The van der Waals surface area contributed by atoms with Gasteiger partial charge in [0.2, 0.25) is 0 Å². The third-order valence-corrected chi connectivity index (χ3v) is 1.86. The smallest absolute Gasteiger partial charge is 0.338 e. The van der Waals surface area contributed by atoms with Gasteiger partial charge >= 0.3 is 5.97 Å². The lowest BCUT2D eigenvalue weighted by molar-refractivity contribution is 0.0550. The van der Waals surface area contributed by atoms with Crippen molar-refractivity contribution >= 4 is 23.3 Å². The van der Waals surface area contributed by atoms with Gasteiger partial charge in [-0.05, 0) is 24.3 Å². The molecule has 0 spiro atoms. The van der Waals surface area contributed by atoms with Crippen LogP contribution in [0.25, 0.3) is 0 Å². The molecule has 15 heavy (non-hydrogen) atoms. The monoisotopic (exact) mass is 225 g/mol. The molecule has 0 saturated heterocycles. The molecule has 0 aliphatic carbocycles. The second-order valence-corrected chi connectivity index (χ2v) is 3.04. The predicted molar refractivity (Wildman–Crippen MR) is 61.3 cm³/mol. The van der Waals surface area contributed by atoms with E-state index in [0.717, 1.165) is 5.69 Å². The SMILES string of the molecule is C=CCOC(=O)c1ccc(NCCl)cc1. The van der Waals surface area contributed by atoms with Crippen LogP contribution in [-0.2, 0) is 4.74 Å². The molecule has 0 heterocycles. The normalized spacial score (nSPS) is 9.40. The summed E-state index contributed by atoms with van der Waals surface area (Å²) in [6.07, 6.45) is 1.53. The summed E-state index contributed by atoms with van der Waals surface area (Å²) in [5.41, 5.74) is 1.38. The van der Waals surface area contributed by atoms with Crippen molar-refractivity contribution in [1.82, 2.24) is 0 Å². The van der Waals surface area contributed by atoms with Crippen LogP contribution < -0.4 is 5.32 Å². The van der Waals surface area contributed by atoms with Crippen LogP contribution in [0.4, 0.5) is 5.69 Å². The molecule has 0 atom stereocenters. The van der Waals surface area contributed by atoms with Gasteiger partial charge in [-0.25, -0.2) is 4.79 Å². The van der Waals surface area contributed by atoms with Crippen LogP contribution in [0.5, 0.6) is 0 Å². The van der Waals surface area contributed by atoms with Gasteiger partial charge in [0.1, 0.15) is 6.61 Å². The molecule has 0 aliphatic rings. The first-order chi connectivity index (χ1) is 7.27. The highest BCUT2D eigenvalue weighted by molar-refractivity contribution is 6.18. The van der Waals surface area contributed by atoms with E-state index < -0.39 is 0 Å². The summed E-state index contributed by atoms with van der Waals surface area (Å²) < 4.78 is 4.87. The lowest BCUT2D eigenvalue weighted by Gasteiger charge is -2.04. The second kappa shape index (κ2) is 6.09. The van der Waals surface area contributed by atoms with Crippen LogP contribution in [0.3, 0.4) is 0 Å². The van der Waals surface area contributed by atoms with E-state index in [0.29, 0.717) is 11.6 Å². The highest BCUT2D eigenvalue weighted by atomic mass is 35.5. The molecule has 0 bridgehead atoms. The van der Waals surface area contributed by atoms with Gasteiger partial charge in [0.15, 0.2) is 0 Å². The van der Waals surface area contributed by atoms with E-state index in [4.69, 9.17) is 16.3 Å². The lowest BCUT2D eigenvalue weighted by atomic mass is 10.2. The molecule has 0 radical (unpaired) electrons. The summed E-state index contributed by atoms with van der Waals surface area (Å²) in [5.74, 6) is -0.354. The maximum Gasteiger partial charge on any atom is 0.338 e. The van der Waals surface area contributed by atoms with Crippen LogP contribution in [-0.4, -0.2) is 18.6 Å². The van der Waals surface area contributed by atoms with Crippen LogP contribution >= 0.6 is 11.6 Å². The largest absolute Gasteiger partial charge is 0.458 e. The van der Waals surface area contributed by atoms with Crippen LogP contribution in [0.2, 0.25) is 0 Å². The fourth-order valence-electron chi connectivity index (χ4n) is 1.02. The average molecular weight is 226 g/mol. The van der Waals surface area contributed by atoms with Crippen LogP contribution in [0.15, 0.2) is 36.9 Å². The summed E-state index contributed by atoms with van der Waals surface area (Å²) in [5, 5.41) is 2.91. The number of ether oxygens (including phenoxy) is 1. The van der Waals surface area contributed by atoms with Gasteiger partial charge < -0.3 is 10.1 Å². The van der Waals surface area contributed by atoms with Crippen LogP contribution in [0, 0.1) is 0 Å². The van der Waals surface area contributed by atoms with Gasteiger partial charge in [-0.15, -0.1) is 11.6 Å². The number of nitrogens with one attached hydrogen (secondary N) is 1. The number of carbonyl (C=O) groups excluding carboxylic acids is 1. The zero-order valence-electron chi connectivity index (χ0n) is 8.20. The zero-order chi connectivity index (χ0) is 11.1. The number of esters is 1. The van der Waals surface area contributed by atoms with Crippen molar-refractivity contribution in [3.63, 3.8) is 0 Å². The quantitative estimate of drug-likeness (QED) is 0.362. The fourth-order valence-corrected chi connectivity index (χ4v) is 1.17. The van der Waals surface area contributed by atoms with Gasteiger partial charge in [-0.2, -0.15) is 0 Å². The van der Waals surface area contributed by atoms with E-state index in [2.05, 4.69) is 11.9 Å². The number of carbonyl (C=O) groups is 1. The van der Waals surface area contributed by atoms with Crippen LogP contribution in [0.1, 0.15) is 10.4 Å².